The predicted molar refractivity (Wildman–Crippen MR) is 113 cm³/mol. The maximum atomic E-state index is 10.1. The van der Waals surface area contributed by atoms with Gasteiger partial charge in [0.25, 0.3) is 0 Å². The van der Waals surface area contributed by atoms with Gasteiger partial charge in [0.05, 0.1) is 7.11 Å². The number of methoxy groups -OCH3 is 1. The molecule has 1 aromatic rings. The van der Waals surface area contributed by atoms with Gasteiger partial charge in [-0.3, -0.25) is 0 Å². The Balaban J connectivity index is 1.92. The molecule has 2 nitrogen and oxygen atoms in total. The maximum Gasteiger partial charge on any atom is 0.160 e. The Morgan fingerprint density at radius 2 is 1.38 bits per heavy atom. The molecular weight excluding hydrogens is 320 g/mol. The van der Waals surface area contributed by atoms with Gasteiger partial charge in [-0.05, 0) is 50.2 Å². The molecule has 148 valence electrons. The minimum atomic E-state index is 0.313. The van der Waals surface area contributed by atoms with Gasteiger partial charge in [0, 0.05) is 0 Å². The lowest BCUT2D eigenvalue weighted by Gasteiger charge is -2.08. The summed E-state index contributed by atoms with van der Waals surface area (Å²) in [6.07, 6.45) is 22.7. The first-order valence-corrected chi connectivity index (χ1v) is 10.8. The number of phenolic OH excluding ortho intramolecular Hbond substituents is 1. The average molecular weight is 361 g/mol. The first kappa shape index (κ1) is 22.6. The smallest absolute Gasteiger partial charge is 0.160 e. The predicted octanol–water partition coefficient (Wildman–Crippen LogP) is 7.59. The van der Waals surface area contributed by atoms with Crippen LogP contribution in [0.5, 0.6) is 11.5 Å². The summed E-state index contributed by atoms with van der Waals surface area (Å²) in [5.74, 6) is 0.894. The summed E-state index contributed by atoms with van der Waals surface area (Å²) < 4.78 is 5.16. The number of hydrogen-bond acceptors (Lipinski definition) is 2. The third-order valence-corrected chi connectivity index (χ3v) is 5.01. The van der Waals surface area contributed by atoms with Gasteiger partial charge in [-0.15, -0.1) is 0 Å². The van der Waals surface area contributed by atoms with Gasteiger partial charge in [-0.1, -0.05) is 82.6 Å². The van der Waals surface area contributed by atoms with Crippen LogP contribution in [-0.2, 0) is 6.42 Å². The highest BCUT2D eigenvalue weighted by molar-refractivity contribution is 5.45. The van der Waals surface area contributed by atoms with Gasteiger partial charge in [0.2, 0.25) is 0 Å². The zero-order valence-electron chi connectivity index (χ0n) is 17.1. The summed E-state index contributed by atoms with van der Waals surface area (Å²) in [5.41, 5.74) is 1.01. The van der Waals surface area contributed by atoms with Crippen LogP contribution >= 0.6 is 0 Å². The molecule has 0 aliphatic carbocycles. The lowest BCUT2D eigenvalue weighted by molar-refractivity contribution is 0.370. The molecule has 0 fully saturated rings. The van der Waals surface area contributed by atoms with Gasteiger partial charge >= 0.3 is 0 Å². The molecule has 0 bridgehead atoms. The van der Waals surface area contributed by atoms with Gasteiger partial charge in [-0.2, -0.15) is 0 Å². The van der Waals surface area contributed by atoms with Crippen molar-refractivity contribution in [3.63, 3.8) is 0 Å². The lowest BCUT2D eigenvalue weighted by Crippen LogP contribution is -1.90. The molecule has 0 amide bonds. The van der Waals surface area contributed by atoms with E-state index in [-0.39, 0.29) is 0 Å². The summed E-state index contributed by atoms with van der Waals surface area (Å²) in [4.78, 5) is 0. The number of phenols is 1. The molecule has 26 heavy (non-hydrogen) atoms. The second-order valence-electron chi connectivity index (χ2n) is 7.30. The molecule has 0 radical (unpaired) electrons. The third-order valence-electron chi connectivity index (χ3n) is 5.01. The summed E-state index contributed by atoms with van der Waals surface area (Å²) in [6.45, 7) is 2.27. The number of rotatable bonds is 16. The molecule has 0 unspecified atom stereocenters. The van der Waals surface area contributed by atoms with Crippen molar-refractivity contribution in [1.82, 2.24) is 0 Å². The van der Waals surface area contributed by atoms with E-state index < -0.39 is 0 Å². The Hall–Kier alpha value is -1.44. The number of para-hydroxylation sites is 1. The molecule has 0 saturated heterocycles. The largest absolute Gasteiger partial charge is 0.504 e. The van der Waals surface area contributed by atoms with Gasteiger partial charge in [0.1, 0.15) is 0 Å². The van der Waals surface area contributed by atoms with Crippen LogP contribution in [0.15, 0.2) is 30.4 Å². The zero-order valence-corrected chi connectivity index (χ0v) is 17.1. The van der Waals surface area contributed by atoms with Crippen molar-refractivity contribution in [1.29, 1.82) is 0 Å². The van der Waals surface area contributed by atoms with Crippen LogP contribution in [0, 0.1) is 0 Å². The van der Waals surface area contributed by atoms with Crippen molar-refractivity contribution in [3.8, 4) is 11.5 Å². The molecule has 1 N–H and O–H groups in total. The SMILES string of the molecule is CCCCCCC=CCCCCCCCCCc1cccc(OC)c1O. The average Bonchev–Trinajstić information content (AvgIpc) is 2.66. The highest BCUT2D eigenvalue weighted by atomic mass is 16.5. The quantitative estimate of drug-likeness (QED) is 0.243. The number of aryl methyl sites for hydroxylation is 1. The Morgan fingerprint density at radius 1 is 0.808 bits per heavy atom. The molecule has 2 heteroatoms. The molecule has 0 aliphatic heterocycles. The van der Waals surface area contributed by atoms with E-state index in [0.717, 1.165) is 18.4 Å². The summed E-state index contributed by atoms with van der Waals surface area (Å²) in [7, 11) is 1.60. The first-order valence-electron chi connectivity index (χ1n) is 10.8. The van der Waals surface area contributed by atoms with Crippen molar-refractivity contribution in [2.45, 2.75) is 96.8 Å². The maximum absolute atomic E-state index is 10.1. The van der Waals surface area contributed by atoms with Crippen LogP contribution in [-0.4, -0.2) is 12.2 Å². The normalized spacial score (nSPS) is 11.3. The fourth-order valence-electron chi connectivity index (χ4n) is 3.32. The van der Waals surface area contributed by atoms with Crippen LogP contribution in [0.25, 0.3) is 0 Å². The molecule has 0 atom stereocenters. The topological polar surface area (TPSA) is 29.5 Å². The standard InChI is InChI=1S/C24H40O2/c1-3-4-5-6-7-8-9-10-11-12-13-14-15-16-17-19-22-20-18-21-23(26-2)24(22)25/h8-9,18,20-21,25H,3-7,10-17,19H2,1-2H3. The molecule has 1 rings (SSSR count). The van der Waals surface area contributed by atoms with E-state index in [0.29, 0.717) is 11.5 Å². The molecule has 0 aliphatic rings. The first-order chi connectivity index (χ1) is 12.8. The Morgan fingerprint density at radius 3 is 2.00 bits per heavy atom. The lowest BCUT2D eigenvalue weighted by atomic mass is 10.0. The number of hydrogen-bond donors (Lipinski definition) is 1. The molecule has 1 aromatic carbocycles. The van der Waals surface area contributed by atoms with Crippen LogP contribution in [0.3, 0.4) is 0 Å². The van der Waals surface area contributed by atoms with Crippen LogP contribution in [0.4, 0.5) is 0 Å². The van der Waals surface area contributed by atoms with Crippen LogP contribution in [0.2, 0.25) is 0 Å². The van der Waals surface area contributed by atoms with Crippen molar-refractivity contribution >= 4 is 0 Å². The Kier molecular flexibility index (Phi) is 13.7. The van der Waals surface area contributed by atoms with Crippen molar-refractivity contribution in [2.24, 2.45) is 0 Å². The van der Waals surface area contributed by atoms with Gasteiger partial charge < -0.3 is 9.84 Å². The van der Waals surface area contributed by atoms with E-state index in [1.807, 2.05) is 12.1 Å². The Labute approximate surface area is 161 Å². The summed E-state index contributed by atoms with van der Waals surface area (Å²) in [5, 5.41) is 10.1. The summed E-state index contributed by atoms with van der Waals surface area (Å²) >= 11 is 0. The third kappa shape index (κ3) is 10.5. The van der Waals surface area contributed by atoms with Crippen molar-refractivity contribution < 1.29 is 9.84 Å². The fraction of sp³-hybridized carbons (Fsp3) is 0.667. The van der Waals surface area contributed by atoms with E-state index in [4.69, 9.17) is 4.74 Å². The van der Waals surface area contributed by atoms with Gasteiger partial charge in [-0.25, -0.2) is 0 Å². The number of unbranched alkanes of at least 4 members (excludes halogenated alkanes) is 11. The van der Waals surface area contributed by atoms with Crippen molar-refractivity contribution in [2.75, 3.05) is 7.11 Å². The van der Waals surface area contributed by atoms with Crippen molar-refractivity contribution in [3.05, 3.63) is 35.9 Å². The number of benzene rings is 1. The molecule has 0 aromatic heterocycles. The number of allylic oxidation sites excluding steroid dienone is 2. The summed E-state index contributed by atoms with van der Waals surface area (Å²) in [6, 6.07) is 5.75. The van der Waals surface area contributed by atoms with Gasteiger partial charge in [0.15, 0.2) is 11.5 Å². The highest BCUT2D eigenvalue weighted by Gasteiger charge is 2.06. The fourth-order valence-corrected chi connectivity index (χ4v) is 3.32. The van der Waals surface area contributed by atoms with E-state index in [2.05, 4.69) is 19.1 Å². The highest BCUT2D eigenvalue weighted by Crippen LogP contribution is 2.30. The zero-order chi connectivity index (χ0) is 18.9. The Bertz CT molecular complexity index is 479. The second kappa shape index (κ2) is 15.8. The van der Waals surface area contributed by atoms with E-state index in [1.165, 1.54) is 77.0 Å². The number of ether oxygens (including phenoxy) is 1. The second-order valence-corrected chi connectivity index (χ2v) is 7.30. The monoisotopic (exact) mass is 360 g/mol. The van der Waals surface area contributed by atoms with Crippen LogP contribution in [0.1, 0.15) is 96.0 Å². The minimum Gasteiger partial charge on any atom is -0.504 e. The van der Waals surface area contributed by atoms with E-state index in [9.17, 15) is 5.11 Å². The van der Waals surface area contributed by atoms with Crippen LogP contribution < -0.4 is 4.74 Å². The number of aromatic hydroxyl groups is 1. The molecular formula is C24H40O2. The van der Waals surface area contributed by atoms with E-state index >= 15 is 0 Å². The molecule has 0 saturated carbocycles. The minimum absolute atomic E-state index is 0.313. The molecule has 0 heterocycles. The molecule has 0 spiro atoms. The van der Waals surface area contributed by atoms with E-state index in [1.54, 1.807) is 13.2 Å².